The molecular weight excluding hydrogens is 334 g/mol. The van der Waals surface area contributed by atoms with Crippen LogP contribution in [0.1, 0.15) is 29.3 Å². The van der Waals surface area contributed by atoms with Crippen molar-refractivity contribution >= 4 is 18.0 Å². The van der Waals surface area contributed by atoms with Crippen molar-refractivity contribution in [2.45, 2.75) is 13.3 Å². The Morgan fingerprint density at radius 2 is 1.85 bits per heavy atom. The summed E-state index contributed by atoms with van der Waals surface area (Å²) in [6, 6.07) is 13.5. The third kappa shape index (κ3) is 5.11. The van der Waals surface area contributed by atoms with Crippen LogP contribution in [0.5, 0.6) is 11.5 Å². The van der Waals surface area contributed by atoms with Crippen LogP contribution >= 0.6 is 0 Å². The number of carboxylic acids is 1. The summed E-state index contributed by atoms with van der Waals surface area (Å²) in [5.41, 5.74) is 0.708. The van der Waals surface area contributed by atoms with Crippen molar-refractivity contribution in [3.05, 3.63) is 65.4 Å². The van der Waals surface area contributed by atoms with Crippen LogP contribution in [0.2, 0.25) is 0 Å². The van der Waals surface area contributed by atoms with E-state index >= 15 is 0 Å². The van der Waals surface area contributed by atoms with Crippen molar-refractivity contribution in [3.63, 3.8) is 0 Å². The van der Waals surface area contributed by atoms with Crippen LogP contribution in [0, 0.1) is 0 Å². The van der Waals surface area contributed by atoms with E-state index in [1.165, 1.54) is 13.2 Å². The monoisotopic (exact) mass is 355 g/mol. The fraction of sp³-hybridized carbons (Fsp3) is 0.200. The predicted molar refractivity (Wildman–Crippen MR) is 98.3 cm³/mol. The summed E-state index contributed by atoms with van der Waals surface area (Å²) in [5, 5.41) is 11.8. The molecule has 0 aromatic heterocycles. The first-order valence-corrected chi connectivity index (χ1v) is 8.17. The van der Waals surface area contributed by atoms with E-state index in [4.69, 9.17) is 9.47 Å². The van der Waals surface area contributed by atoms with Gasteiger partial charge in [-0.25, -0.2) is 4.79 Å². The van der Waals surface area contributed by atoms with Crippen molar-refractivity contribution in [2.75, 3.05) is 13.7 Å². The van der Waals surface area contributed by atoms with Gasteiger partial charge >= 0.3 is 5.97 Å². The molecule has 0 radical (unpaired) electrons. The molecule has 0 aliphatic heterocycles. The summed E-state index contributed by atoms with van der Waals surface area (Å²) < 4.78 is 10.9. The van der Waals surface area contributed by atoms with Crippen molar-refractivity contribution < 1.29 is 24.2 Å². The molecule has 26 heavy (non-hydrogen) atoms. The van der Waals surface area contributed by atoms with Gasteiger partial charge in [0.2, 0.25) is 0 Å². The van der Waals surface area contributed by atoms with Crippen LogP contribution in [0.3, 0.4) is 0 Å². The first-order valence-electron chi connectivity index (χ1n) is 8.17. The Bertz CT molecular complexity index is 799. The van der Waals surface area contributed by atoms with E-state index < -0.39 is 11.9 Å². The Kier molecular flexibility index (Phi) is 6.79. The fourth-order valence-corrected chi connectivity index (χ4v) is 2.21. The molecule has 0 bridgehead atoms. The number of hydrogen-bond acceptors (Lipinski definition) is 4. The molecule has 0 atom stereocenters. The highest BCUT2D eigenvalue weighted by molar-refractivity contribution is 6.02. The lowest BCUT2D eigenvalue weighted by atomic mass is 10.1. The van der Waals surface area contributed by atoms with E-state index in [0.717, 1.165) is 6.42 Å². The van der Waals surface area contributed by atoms with Gasteiger partial charge in [0, 0.05) is 5.56 Å². The molecule has 6 heteroatoms. The average molecular weight is 355 g/mol. The number of carboxylic acid groups (broad SMARTS) is 1. The molecule has 0 aliphatic rings. The van der Waals surface area contributed by atoms with Crippen molar-refractivity contribution in [3.8, 4) is 11.5 Å². The lowest BCUT2D eigenvalue weighted by Gasteiger charge is -2.11. The summed E-state index contributed by atoms with van der Waals surface area (Å²) in [7, 11) is 1.51. The number of carbonyl (C=O) groups excluding carboxylic acids is 1. The summed E-state index contributed by atoms with van der Waals surface area (Å²) in [6.45, 7) is 2.55. The van der Waals surface area contributed by atoms with Crippen LogP contribution in [0.25, 0.3) is 6.08 Å². The molecule has 2 aromatic rings. The summed E-state index contributed by atoms with van der Waals surface area (Å²) >= 11 is 0. The number of amides is 1. The van der Waals surface area contributed by atoms with E-state index in [0.29, 0.717) is 29.2 Å². The van der Waals surface area contributed by atoms with Gasteiger partial charge in [-0.15, -0.1) is 0 Å². The number of hydrogen-bond donors (Lipinski definition) is 2. The molecule has 0 heterocycles. The van der Waals surface area contributed by atoms with E-state index in [1.54, 1.807) is 48.5 Å². The van der Waals surface area contributed by atoms with Gasteiger partial charge in [-0.1, -0.05) is 31.2 Å². The molecule has 1 amide bonds. The normalized spacial score (nSPS) is 10.9. The zero-order chi connectivity index (χ0) is 18.9. The lowest BCUT2D eigenvalue weighted by Crippen LogP contribution is -2.27. The van der Waals surface area contributed by atoms with E-state index in [-0.39, 0.29) is 5.70 Å². The SMILES string of the molecule is CCCOc1ccc(/C=C(/NC(=O)c2ccccc2)C(=O)O)cc1OC. The molecule has 0 aliphatic carbocycles. The summed E-state index contributed by atoms with van der Waals surface area (Å²) in [4.78, 5) is 23.7. The molecule has 2 rings (SSSR count). The second-order valence-electron chi connectivity index (χ2n) is 5.44. The number of aliphatic carboxylic acids is 1. The van der Waals surface area contributed by atoms with Gasteiger partial charge in [0.15, 0.2) is 11.5 Å². The Hall–Kier alpha value is -3.28. The van der Waals surface area contributed by atoms with Crippen LogP contribution < -0.4 is 14.8 Å². The molecule has 2 aromatic carbocycles. The topological polar surface area (TPSA) is 84.9 Å². The van der Waals surface area contributed by atoms with Gasteiger partial charge in [0.25, 0.3) is 5.91 Å². The molecular formula is C20H21NO5. The minimum atomic E-state index is -1.24. The Labute approximate surface area is 152 Å². The first kappa shape index (κ1) is 19.1. The van der Waals surface area contributed by atoms with Gasteiger partial charge in [-0.05, 0) is 42.3 Å². The molecule has 0 unspecified atom stereocenters. The van der Waals surface area contributed by atoms with Crippen molar-refractivity contribution in [1.29, 1.82) is 0 Å². The molecule has 0 fully saturated rings. The number of methoxy groups -OCH3 is 1. The number of carbonyl (C=O) groups is 2. The van der Waals surface area contributed by atoms with Gasteiger partial charge in [0.1, 0.15) is 5.70 Å². The molecule has 136 valence electrons. The number of nitrogens with one attached hydrogen (secondary N) is 1. The lowest BCUT2D eigenvalue weighted by molar-refractivity contribution is -0.132. The van der Waals surface area contributed by atoms with Crippen LogP contribution in [0.15, 0.2) is 54.2 Å². The molecule has 0 saturated heterocycles. The third-order valence-corrected chi connectivity index (χ3v) is 3.47. The molecule has 6 nitrogen and oxygen atoms in total. The highest BCUT2D eigenvalue weighted by Crippen LogP contribution is 2.29. The minimum absolute atomic E-state index is 0.233. The van der Waals surface area contributed by atoms with Gasteiger partial charge in [-0.3, -0.25) is 4.79 Å². The maximum atomic E-state index is 12.2. The highest BCUT2D eigenvalue weighted by Gasteiger charge is 2.14. The third-order valence-electron chi connectivity index (χ3n) is 3.47. The van der Waals surface area contributed by atoms with Gasteiger partial charge in [-0.2, -0.15) is 0 Å². The zero-order valence-corrected chi connectivity index (χ0v) is 14.7. The van der Waals surface area contributed by atoms with Crippen molar-refractivity contribution in [1.82, 2.24) is 5.32 Å². The largest absolute Gasteiger partial charge is 0.493 e. The number of ether oxygens (including phenoxy) is 2. The number of rotatable bonds is 8. The highest BCUT2D eigenvalue weighted by atomic mass is 16.5. The molecule has 0 spiro atoms. The molecule has 2 N–H and O–H groups in total. The zero-order valence-electron chi connectivity index (χ0n) is 14.7. The quantitative estimate of drug-likeness (QED) is 0.710. The van der Waals surface area contributed by atoms with E-state index in [9.17, 15) is 14.7 Å². The van der Waals surface area contributed by atoms with Gasteiger partial charge in [0.05, 0.1) is 13.7 Å². The van der Waals surface area contributed by atoms with E-state index in [1.807, 2.05) is 6.92 Å². The smallest absolute Gasteiger partial charge is 0.352 e. The van der Waals surface area contributed by atoms with Crippen molar-refractivity contribution in [2.24, 2.45) is 0 Å². The second kappa shape index (κ2) is 9.27. The average Bonchev–Trinajstić information content (AvgIpc) is 2.66. The Morgan fingerprint density at radius 3 is 2.46 bits per heavy atom. The standard InChI is InChI=1S/C20H21NO5/c1-3-11-26-17-10-9-14(13-18(17)25-2)12-16(20(23)24)21-19(22)15-7-5-4-6-8-15/h4-10,12-13H,3,11H2,1-2H3,(H,21,22)(H,23,24)/b16-12+. The summed E-state index contributed by atoms with van der Waals surface area (Å²) in [5.74, 6) is -0.656. The fourth-order valence-electron chi connectivity index (χ4n) is 2.21. The minimum Gasteiger partial charge on any atom is -0.493 e. The van der Waals surface area contributed by atoms with Crippen LogP contribution in [-0.4, -0.2) is 30.7 Å². The maximum Gasteiger partial charge on any atom is 0.352 e. The first-order chi connectivity index (χ1) is 12.5. The van der Waals surface area contributed by atoms with Crippen LogP contribution in [-0.2, 0) is 4.79 Å². The maximum absolute atomic E-state index is 12.2. The number of benzene rings is 2. The molecule has 0 saturated carbocycles. The summed E-state index contributed by atoms with van der Waals surface area (Å²) in [6.07, 6.45) is 2.23. The second-order valence-corrected chi connectivity index (χ2v) is 5.44. The van der Waals surface area contributed by atoms with Crippen LogP contribution in [0.4, 0.5) is 0 Å². The predicted octanol–water partition coefficient (Wildman–Crippen LogP) is 3.34. The Balaban J connectivity index is 2.25. The Morgan fingerprint density at radius 1 is 1.12 bits per heavy atom. The van der Waals surface area contributed by atoms with Gasteiger partial charge < -0.3 is 19.9 Å². The van der Waals surface area contributed by atoms with E-state index in [2.05, 4.69) is 5.32 Å².